The van der Waals surface area contributed by atoms with Crippen molar-refractivity contribution in [1.29, 1.82) is 0 Å². The van der Waals surface area contributed by atoms with Crippen LogP contribution in [0.4, 0.5) is 5.69 Å². The minimum atomic E-state index is -4.05. The number of anilines is 1. The lowest BCUT2D eigenvalue weighted by molar-refractivity contribution is -0.136. The number of methoxy groups -OCH3 is 1. The zero-order valence-corrected chi connectivity index (χ0v) is 17.9. The second-order valence-electron chi connectivity index (χ2n) is 6.27. The van der Waals surface area contributed by atoms with Gasteiger partial charge in [-0.1, -0.05) is 35.3 Å². The summed E-state index contributed by atoms with van der Waals surface area (Å²) in [6.45, 7) is 0. The van der Waals surface area contributed by atoms with Gasteiger partial charge < -0.3 is 9.84 Å². The molecule has 30 heavy (non-hydrogen) atoms. The molecule has 7 nitrogen and oxygen atoms in total. The molecular formula is C20H16Cl2N2O5S. The standard InChI is InChI=1S/C20H16Cl2N2O5S/c1-29-16-9-17(11-23-10-16)30(27,28)24-19-4-12(5-20(25)26)2-3-18(19)13-6-14(21)8-15(22)7-13/h2-4,6-11,24H,5H2,1H3,(H,25,26). The number of sulfonamides is 1. The maximum absolute atomic E-state index is 12.9. The van der Waals surface area contributed by atoms with E-state index in [0.717, 1.165) is 0 Å². The Bertz CT molecular complexity index is 1200. The Labute approximate surface area is 183 Å². The molecule has 0 saturated heterocycles. The summed E-state index contributed by atoms with van der Waals surface area (Å²) in [5.74, 6) is -0.765. The van der Waals surface area contributed by atoms with Crippen LogP contribution in [0, 0.1) is 0 Å². The number of pyridine rings is 1. The molecule has 0 bridgehead atoms. The number of hydrogen-bond acceptors (Lipinski definition) is 5. The predicted octanol–water partition coefficient (Wildman–Crippen LogP) is 4.49. The number of nitrogens with zero attached hydrogens (tertiary/aromatic N) is 1. The minimum absolute atomic E-state index is 0.111. The lowest BCUT2D eigenvalue weighted by Crippen LogP contribution is -2.14. The van der Waals surface area contributed by atoms with Gasteiger partial charge in [0.25, 0.3) is 10.0 Å². The molecule has 0 saturated carbocycles. The topological polar surface area (TPSA) is 106 Å². The monoisotopic (exact) mass is 466 g/mol. The van der Waals surface area contributed by atoms with Gasteiger partial charge in [0.05, 0.1) is 25.4 Å². The van der Waals surface area contributed by atoms with Crippen molar-refractivity contribution in [3.05, 3.63) is 70.5 Å². The number of rotatable bonds is 7. The van der Waals surface area contributed by atoms with Gasteiger partial charge in [-0.15, -0.1) is 0 Å². The second kappa shape index (κ2) is 8.91. The third-order valence-corrected chi connectivity index (χ3v) is 5.86. The smallest absolute Gasteiger partial charge is 0.307 e. The SMILES string of the molecule is COc1cncc(S(=O)(=O)Nc2cc(CC(=O)O)ccc2-c2cc(Cl)cc(Cl)c2)c1. The van der Waals surface area contributed by atoms with Crippen LogP contribution in [-0.2, 0) is 21.2 Å². The quantitative estimate of drug-likeness (QED) is 0.531. The predicted molar refractivity (Wildman–Crippen MR) is 115 cm³/mol. The van der Waals surface area contributed by atoms with Crippen LogP contribution in [-0.4, -0.2) is 31.6 Å². The molecular weight excluding hydrogens is 451 g/mol. The van der Waals surface area contributed by atoms with E-state index in [1.807, 2.05) is 0 Å². The molecule has 0 amide bonds. The van der Waals surface area contributed by atoms with Gasteiger partial charge in [0, 0.05) is 27.9 Å². The van der Waals surface area contributed by atoms with Gasteiger partial charge in [0.2, 0.25) is 0 Å². The van der Waals surface area contributed by atoms with Crippen LogP contribution in [0.5, 0.6) is 5.75 Å². The summed E-state index contributed by atoms with van der Waals surface area (Å²) < 4.78 is 33.4. The van der Waals surface area contributed by atoms with E-state index in [4.69, 9.17) is 33.0 Å². The van der Waals surface area contributed by atoms with Crippen molar-refractivity contribution in [3.63, 3.8) is 0 Å². The van der Waals surface area contributed by atoms with Crippen molar-refractivity contribution in [2.24, 2.45) is 0 Å². The van der Waals surface area contributed by atoms with Gasteiger partial charge in [-0.2, -0.15) is 0 Å². The summed E-state index contributed by atoms with van der Waals surface area (Å²) in [7, 11) is -2.65. The molecule has 3 rings (SSSR count). The number of hydrogen-bond donors (Lipinski definition) is 2. The fraction of sp³-hybridized carbons (Fsp3) is 0.100. The molecule has 3 aromatic rings. The van der Waals surface area contributed by atoms with Crippen LogP contribution in [0.15, 0.2) is 59.8 Å². The van der Waals surface area contributed by atoms with Crippen LogP contribution in [0.2, 0.25) is 10.0 Å². The van der Waals surface area contributed by atoms with E-state index in [0.29, 0.717) is 26.7 Å². The molecule has 0 aliphatic heterocycles. The maximum Gasteiger partial charge on any atom is 0.307 e. The summed E-state index contributed by atoms with van der Waals surface area (Å²) in [5, 5.41) is 9.84. The molecule has 0 fully saturated rings. The molecule has 0 unspecified atom stereocenters. The number of benzene rings is 2. The van der Waals surface area contributed by atoms with Crippen LogP contribution < -0.4 is 9.46 Å². The van der Waals surface area contributed by atoms with Gasteiger partial charge in [-0.05, 0) is 35.4 Å². The van der Waals surface area contributed by atoms with Gasteiger partial charge >= 0.3 is 5.97 Å². The Morgan fingerprint density at radius 3 is 2.43 bits per heavy atom. The number of aromatic nitrogens is 1. The van der Waals surface area contributed by atoms with Crippen LogP contribution in [0.3, 0.4) is 0 Å². The second-order valence-corrected chi connectivity index (χ2v) is 8.83. The van der Waals surface area contributed by atoms with Crippen LogP contribution in [0.25, 0.3) is 11.1 Å². The van der Waals surface area contributed by atoms with E-state index in [2.05, 4.69) is 9.71 Å². The number of halogens is 2. The summed E-state index contributed by atoms with van der Waals surface area (Å²) in [6, 6.07) is 10.8. The molecule has 2 aromatic carbocycles. The molecule has 2 N–H and O–H groups in total. The van der Waals surface area contributed by atoms with E-state index >= 15 is 0 Å². The summed E-state index contributed by atoms with van der Waals surface area (Å²) in [4.78, 5) is 14.9. The molecule has 0 atom stereocenters. The molecule has 156 valence electrons. The van der Waals surface area contributed by atoms with Crippen molar-refractivity contribution in [2.75, 3.05) is 11.8 Å². The fourth-order valence-electron chi connectivity index (χ4n) is 2.78. The average Bonchev–Trinajstić information content (AvgIpc) is 2.66. The van der Waals surface area contributed by atoms with Gasteiger partial charge in [-0.25, -0.2) is 8.42 Å². The first-order chi connectivity index (χ1) is 14.2. The Kier molecular flexibility index (Phi) is 6.50. The van der Waals surface area contributed by atoms with E-state index < -0.39 is 16.0 Å². The number of carbonyl (C=O) groups is 1. The first kappa shape index (κ1) is 21.9. The highest BCUT2D eigenvalue weighted by Crippen LogP contribution is 2.34. The highest BCUT2D eigenvalue weighted by Gasteiger charge is 2.19. The Morgan fingerprint density at radius 2 is 1.80 bits per heavy atom. The van der Waals surface area contributed by atoms with Crippen molar-refractivity contribution in [1.82, 2.24) is 4.98 Å². The Balaban J connectivity index is 2.11. The largest absolute Gasteiger partial charge is 0.495 e. The Morgan fingerprint density at radius 1 is 1.10 bits per heavy atom. The third kappa shape index (κ3) is 5.21. The number of nitrogens with one attached hydrogen (secondary N) is 1. The zero-order valence-electron chi connectivity index (χ0n) is 15.6. The molecule has 0 spiro atoms. The normalized spacial score (nSPS) is 11.2. The molecule has 0 aliphatic carbocycles. The molecule has 1 aromatic heterocycles. The molecule has 1 heterocycles. The minimum Gasteiger partial charge on any atom is -0.495 e. The third-order valence-electron chi connectivity index (χ3n) is 4.09. The zero-order chi connectivity index (χ0) is 21.9. The first-order valence-electron chi connectivity index (χ1n) is 8.51. The highest BCUT2D eigenvalue weighted by atomic mass is 35.5. The van der Waals surface area contributed by atoms with Crippen LogP contribution in [0.1, 0.15) is 5.56 Å². The van der Waals surface area contributed by atoms with Gasteiger partial charge in [0.15, 0.2) is 0 Å². The molecule has 10 heteroatoms. The van der Waals surface area contributed by atoms with Gasteiger partial charge in [-0.3, -0.25) is 14.5 Å². The molecule has 0 radical (unpaired) electrons. The summed E-state index contributed by atoms with van der Waals surface area (Å²) >= 11 is 12.2. The van der Waals surface area contributed by atoms with Crippen molar-refractivity contribution < 1.29 is 23.1 Å². The first-order valence-corrected chi connectivity index (χ1v) is 10.7. The van der Waals surface area contributed by atoms with Crippen molar-refractivity contribution >= 4 is 44.9 Å². The lowest BCUT2D eigenvalue weighted by atomic mass is 10.0. The van der Waals surface area contributed by atoms with E-state index in [1.54, 1.807) is 30.3 Å². The fourth-order valence-corrected chi connectivity index (χ4v) is 4.36. The van der Waals surface area contributed by atoms with Crippen molar-refractivity contribution in [2.45, 2.75) is 11.3 Å². The van der Waals surface area contributed by atoms with E-state index in [9.17, 15) is 13.2 Å². The number of carboxylic acid groups (broad SMARTS) is 1. The van der Waals surface area contributed by atoms with Crippen molar-refractivity contribution in [3.8, 4) is 16.9 Å². The Hall–Kier alpha value is -2.81. The van der Waals surface area contributed by atoms with Crippen LogP contribution >= 0.6 is 23.2 Å². The number of carboxylic acids is 1. The highest BCUT2D eigenvalue weighted by molar-refractivity contribution is 7.92. The van der Waals surface area contributed by atoms with E-state index in [1.165, 1.54) is 31.6 Å². The summed E-state index contributed by atoms with van der Waals surface area (Å²) in [5.41, 5.74) is 1.64. The lowest BCUT2D eigenvalue weighted by Gasteiger charge is -2.15. The number of aliphatic carboxylic acids is 1. The summed E-state index contributed by atoms with van der Waals surface area (Å²) in [6.07, 6.45) is 2.29. The average molecular weight is 467 g/mol. The van der Waals surface area contributed by atoms with E-state index in [-0.39, 0.29) is 22.8 Å². The number of ether oxygens (including phenoxy) is 1. The maximum atomic E-state index is 12.9. The molecule has 0 aliphatic rings. The van der Waals surface area contributed by atoms with Gasteiger partial charge in [0.1, 0.15) is 10.6 Å².